The molecule has 0 unspecified atom stereocenters. The monoisotopic (exact) mass is 2070 g/mol. The molecule has 704 valence electrons. The van der Waals surface area contributed by atoms with E-state index in [2.05, 4.69) is 15.9 Å². The summed E-state index contributed by atoms with van der Waals surface area (Å²) < 4.78 is 65.1. The van der Waals surface area contributed by atoms with Crippen LogP contribution in [0.4, 0.5) is 0 Å². The van der Waals surface area contributed by atoms with Crippen molar-refractivity contribution in [2.24, 2.45) is 0 Å². The van der Waals surface area contributed by atoms with Crippen molar-refractivity contribution in [2.75, 3.05) is 0 Å². The van der Waals surface area contributed by atoms with E-state index in [-0.39, 0.29) is 73.4 Å². The summed E-state index contributed by atoms with van der Waals surface area (Å²) >= 11 is 21.0. The number of aryl methyl sites for hydroxylation is 6. The van der Waals surface area contributed by atoms with Crippen LogP contribution in [0, 0.1) is 41.5 Å². The molecule has 0 amide bonds. The van der Waals surface area contributed by atoms with Crippen molar-refractivity contribution < 1.29 is 72.6 Å². The van der Waals surface area contributed by atoms with Crippen LogP contribution < -0.4 is 28.1 Å². The Morgan fingerprint density at radius 3 is 0.882 bits per heavy atom. The van der Waals surface area contributed by atoms with Crippen LogP contribution in [0.2, 0.25) is 8.67 Å². The molecule has 0 bridgehead atoms. The molecule has 144 heavy (non-hydrogen) atoms. The Morgan fingerprint density at radius 2 is 0.604 bits per heavy atom. The molecular weight excluding hydrogens is 2010 g/mol. The van der Waals surface area contributed by atoms with E-state index in [4.69, 9.17) is 71.8 Å². The summed E-state index contributed by atoms with van der Waals surface area (Å²) in [6.45, 7) is 11.1. The maximum atomic E-state index is 13.4. The lowest BCUT2D eigenvalue weighted by Gasteiger charge is -2.05. The van der Waals surface area contributed by atoms with E-state index >= 15 is 0 Å². The first-order chi connectivity index (χ1) is 69.7. The SMILES string of the molecule is Cc1cc(=O)oc2c1ccc1oc(C(=O)c3cc(Cl)sc3Cl)c(-c3ccccc3)c12.Cc1cc(=O)oc2c1ccc1oc(C(=O)c3ccc(Br)s3)c(-c3ccccc3)c12.Cc1cc(=O)oc2c1ccc1oc(C(=O)c3cccs3)c(-c3ccccc3)c12.Cc1cc(=O)oc2c1ccc1oc(C(=O)c3ccsc3)c(-c3ccccc3)c12.Cc1ccc(C(=O)c2oc3ccc4c(C)cc(=O)oc4c3c2-c2ccccc2)o1. The fourth-order valence-electron chi connectivity index (χ4n) is 17.9. The molecular formula is C116H69BrCl2O21S4. The fourth-order valence-corrected chi connectivity index (χ4v) is 22.0. The van der Waals surface area contributed by atoms with Gasteiger partial charge in [-0.15, -0.1) is 34.0 Å². The van der Waals surface area contributed by atoms with Gasteiger partial charge in [0, 0.05) is 96.0 Å². The molecule has 21 nitrogen and oxygen atoms in total. The summed E-state index contributed by atoms with van der Waals surface area (Å²) in [6, 6.07) is 86.8. The average molecular weight is 2080 g/mol. The Bertz CT molecular complexity index is 9360. The molecule has 28 heteroatoms. The highest BCUT2D eigenvalue weighted by atomic mass is 79.9. The number of benzene rings is 10. The molecule has 15 aromatic heterocycles. The Hall–Kier alpha value is -16.6. The Balaban J connectivity index is 0.000000106. The molecule has 25 aromatic rings. The lowest BCUT2D eigenvalue weighted by atomic mass is 9.97. The largest absolute Gasteiger partial charge is 0.458 e. The zero-order valence-electron chi connectivity index (χ0n) is 76.3. The van der Waals surface area contributed by atoms with Crippen LogP contribution in [0.5, 0.6) is 0 Å². The van der Waals surface area contributed by atoms with Gasteiger partial charge in [0.2, 0.25) is 23.1 Å². The van der Waals surface area contributed by atoms with Gasteiger partial charge in [-0.3, -0.25) is 24.0 Å². The number of hydrogen-bond acceptors (Lipinski definition) is 25. The van der Waals surface area contributed by atoms with Gasteiger partial charge in [-0.1, -0.05) is 181 Å². The second-order valence-electron chi connectivity index (χ2n) is 33.6. The summed E-state index contributed by atoms with van der Waals surface area (Å²) in [5.41, 5.74) is 14.3. The smallest absolute Gasteiger partial charge is 0.336 e. The first-order valence-corrected chi connectivity index (χ1v) is 49.6. The second-order valence-corrected chi connectivity index (χ2v) is 40.0. The van der Waals surface area contributed by atoms with Crippen LogP contribution in [0.3, 0.4) is 0 Å². The van der Waals surface area contributed by atoms with Crippen LogP contribution in [-0.2, 0) is 0 Å². The highest BCUT2D eigenvalue weighted by Gasteiger charge is 2.34. The first-order valence-electron chi connectivity index (χ1n) is 44.6. The quantitative estimate of drug-likeness (QED) is 0.0680. The Morgan fingerprint density at radius 1 is 0.285 bits per heavy atom. The second kappa shape index (κ2) is 38.8. The molecule has 10 aromatic carbocycles. The molecule has 0 N–H and O–H groups in total. The minimum atomic E-state index is -0.465. The fraction of sp³-hybridized carbons (Fsp3) is 0.0517. The van der Waals surface area contributed by atoms with Crippen molar-refractivity contribution in [2.45, 2.75) is 41.5 Å². The molecule has 25 rings (SSSR count). The lowest BCUT2D eigenvalue weighted by molar-refractivity contribution is 0.0981. The summed E-state index contributed by atoms with van der Waals surface area (Å²) in [7, 11) is 0. The first kappa shape index (κ1) is 93.7. The highest BCUT2D eigenvalue weighted by molar-refractivity contribution is 9.11. The van der Waals surface area contributed by atoms with E-state index in [1.165, 1.54) is 70.4 Å². The number of thiophene rings is 4. The molecule has 0 fully saturated rings. The molecule has 15 heterocycles. The summed E-state index contributed by atoms with van der Waals surface area (Å²) in [6.07, 6.45) is 0. The average Bonchev–Trinajstić information content (AvgIpc) is 1.60. The third-order valence-electron chi connectivity index (χ3n) is 24.4. The van der Waals surface area contributed by atoms with E-state index < -0.39 is 28.1 Å². The van der Waals surface area contributed by atoms with Crippen LogP contribution in [0.15, 0.2) is 384 Å². The highest BCUT2D eigenvalue weighted by Crippen LogP contribution is 2.49. The van der Waals surface area contributed by atoms with Gasteiger partial charge in [-0.05, 0) is 227 Å². The maximum absolute atomic E-state index is 13.4. The molecule has 0 aliphatic heterocycles. The number of ketones is 5. The van der Waals surface area contributed by atoms with Gasteiger partial charge in [0.05, 0.1) is 50.4 Å². The standard InChI is InChI=1S/C24H16O5.C23H13BrO4S.C23H12Cl2O4S.2C23H14O4S/c1-13-12-19(25)29-23-16(13)9-11-17-21(23)20(15-6-4-3-5-7-15)24(28-17)22(26)18-10-8-14(2)27-18;1-12-11-18(25)28-22-14(12)7-8-15-20(22)19(13-5-3-2-4-6-13)23(27-15)21(26)16-9-10-17(24)29-16;1-11-9-17(26)29-21-13(11)7-8-15-19(21)18(12-5-3-2-4-6-12)22(28-15)20(27)14-10-16(24)30-23(14)25;1-13-12-18(24)27-22-15(13)9-10-16-20(22)19(14-6-3-2-4-7-14)23(26-16)21(25)17-8-5-11-28-17;1-13-11-18(24)27-22-16(13)7-8-17-20(22)19(14-5-3-2-4-6-14)23(26-17)21(25)15-9-10-28-12-15/h3-12H,1-2H3;2-11H,1H3;2-10H,1H3;2*2-12H,1H3. The van der Waals surface area contributed by atoms with E-state index in [0.29, 0.717) is 136 Å². The normalized spacial score (nSPS) is 11.4. The summed E-state index contributed by atoms with van der Waals surface area (Å²) in [5.74, 6) is 0.484. The predicted octanol–water partition coefficient (Wildman–Crippen LogP) is 30.9. The molecule has 0 saturated carbocycles. The van der Waals surface area contributed by atoms with E-state index in [1.807, 2.05) is 258 Å². The van der Waals surface area contributed by atoms with Crippen molar-refractivity contribution >= 4 is 223 Å². The zero-order chi connectivity index (χ0) is 99.7. The van der Waals surface area contributed by atoms with Crippen molar-refractivity contribution in [1.82, 2.24) is 0 Å². The molecule has 0 aliphatic carbocycles. The van der Waals surface area contributed by atoms with Crippen molar-refractivity contribution in [3.05, 3.63) is 461 Å². The number of hydrogen-bond donors (Lipinski definition) is 0. The molecule has 0 saturated heterocycles. The number of carbonyl (C=O) groups is 5. The molecule has 0 spiro atoms. The number of fused-ring (bicyclic) bond motifs is 15. The molecule has 0 aliphatic rings. The van der Waals surface area contributed by atoms with Gasteiger partial charge in [0.25, 0.3) is 5.78 Å². The lowest BCUT2D eigenvalue weighted by Crippen LogP contribution is -2.01. The topological polar surface area (TPSA) is 315 Å². The van der Waals surface area contributed by atoms with Crippen LogP contribution in [-0.4, -0.2) is 28.9 Å². The minimum Gasteiger partial charge on any atom is -0.458 e. The predicted molar refractivity (Wildman–Crippen MR) is 568 cm³/mol. The van der Waals surface area contributed by atoms with Gasteiger partial charge in [-0.2, -0.15) is 11.3 Å². The zero-order valence-corrected chi connectivity index (χ0v) is 82.6. The van der Waals surface area contributed by atoms with E-state index in [9.17, 15) is 47.9 Å². The van der Waals surface area contributed by atoms with Crippen LogP contribution in [0.1, 0.15) is 113 Å². The number of furan rings is 6. The number of halogens is 3. The van der Waals surface area contributed by atoms with Crippen LogP contribution >= 0.6 is 84.5 Å². The summed E-state index contributed by atoms with van der Waals surface area (Å²) in [5, 5.41) is 12.6. The maximum Gasteiger partial charge on any atom is 0.336 e. The van der Waals surface area contributed by atoms with E-state index in [1.54, 1.807) is 54.8 Å². The third kappa shape index (κ3) is 17.6. The summed E-state index contributed by atoms with van der Waals surface area (Å²) in [4.78, 5) is 128. The third-order valence-corrected chi connectivity index (χ3v) is 29.0. The van der Waals surface area contributed by atoms with Gasteiger partial charge in [0.1, 0.15) is 65.9 Å². The van der Waals surface area contributed by atoms with Gasteiger partial charge in [-0.25, -0.2) is 24.0 Å². The van der Waals surface area contributed by atoms with E-state index in [0.717, 1.165) is 97.7 Å². The van der Waals surface area contributed by atoms with Gasteiger partial charge >= 0.3 is 28.1 Å². The van der Waals surface area contributed by atoms with Crippen molar-refractivity contribution in [1.29, 1.82) is 0 Å². The Kier molecular flexibility index (Phi) is 25.3. The number of carbonyl (C=O) groups excluding carboxylic acids is 5. The minimum absolute atomic E-state index is 0.115. The van der Waals surface area contributed by atoms with Crippen LogP contribution in [0.25, 0.3) is 165 Å². The van der Waals surface area contributed by atoms with Crippen molar-refractivity contribution in [3.63, 3.8) is 0 Å². The van der Waals surface area contributed by atoms with Gasteiger partial charge in [0.15, 0.2) is 34.6 Å². The Labute approximate surface area is 847 Å². The molecule has 0 radical (unpaired) electrons. The number of rotatable bonds is 15. The molecule has 0 atom stereocenters. The van der Waals surface area contributed by atoms with Crippen molar-refractivity contribution in [3.8, 4) is 55.6 Å². The van der Waals surface area contributed by atoms with Gasteiger partial charge < -0.3 is 48.6 Å².